The smallest absolute Gasteiger partial charge is 0.135 e. The second kappa shape index (κ2) is 11.2. The topological polar surface area (TPSA) is 23.0 Å². The Hall–Kier alpha value is -6.32. The van der Waals surface area contributed by atoms with Gasteiger partial charge < -0.3 is 13.6 Å². The molecule has 10 aromatic rings. The highest BCUT2D eigenvalue weighted by molar-refractivity contribution is 6.13. The third kappa shape index (κ3) is 4.29. The van der Waals surface area contributed by atoms with Gasteiger partial charge in [0.2, 0.25) is 0 Å². The maximum atomic E-state index is 6.39. The highest BCUT2D eigenvalue weighted by atomic mass is 16.3. The fraction of sp³-hybridized carbons (Fsp3) is 0.0222. The monoisotopic (exact) mass is 616 g/mol. The minimum Gasteiger partial charge on any atom is -0.456 e. The van der Waals surface area contributed by atoms with Crippen molar-refractivity contribution in [3.63, 3.8) is 0 Å². The third-order valence-electron chi connectivity index (χ3n) is 9.31. The van der Waals surface area contributed by atoms with Gasteiger partial charge in [-0.3, -0.25) is 0 Å². The molecule has 0 amide bonds. The van der Waals surface area contributed by atoms with Crippen LogP contribution in [-0.4, -0.2) is 9.13 Å². The zero-order valence-electron chi connectivity index (χ0n) is 26.6. The van der Waals surface area contributed by atoms with Crippen LogP contribution >= 0.6 is 0 Å². The van der Waals surface area contributed by atoms with E-state index in [2.05, 4.69) is 173 Å². The normalized spacial score (nSPS) is 11.5. The second-order valence-corrected chi connectivity index (χ2v) is 12.2. The Bertz CT molecular complexity index is 2760. The van der Waals surface area contributed by atoms with E-state index in [9.17, 15) is 0 Å². The zero-order chi connectivity index (χ0) is 32.2. The zero-order valence-corrected chi connectivity index (χ0v) is 26.6. The molecule has 0 saturated carbocycles. The number of furan rings is 1. The van der Waals surface area contributed by atoms with E-state index in [1.807, 2.05) is 6.92 Å². The van der Waals surface area contributed by atoms with E-state index >= 15 is 0 Å². The van der Waals surface area contributed by atoms with Crippen molar-refractivity contribution in [2.45, 2.75) is 6.92 Å². The number of aromatic nitrogens is 2. The van der Waals surface area contributed by atoms with Gasteiger partial charge in [-0.25, -0.2) is 0 Å². The molecule has 10 rings (SSSR count). The Kier molecular flexibility index (Phi) is 6.51. The molecule has 0 aliphatic carbocycles. The Balaban J connectivity index is 0.00000101. The average Bonchev–Trinajstić information content (AvgIpc) is 3.79. The quantitative estimate of drug-likeness (QED) is 0.181. The first-order chi connectivity index (χ1) is 23.7. The molecule has 3 nitrogen and oxygen atoms in total. The standard InChI is InChI=1S/C42H26N2O.C3H6/c1-2-10-27(11-3-1)28-18-21-40-34(24-28)33-14-6-9-17-39(33)44(40)30-20-23-42-36(26-30)35-25-29(19-22-41(35)45-42)43-37-15-7-4-12-31(37)32-13-5-8-16-38(32)43;1-3-2/h1-26H;3H,1H2,2H3. The van der Waals surface area contributed by atoms with Crippen LogP contribution in [0.4, 0.5) is 0 Å². The number of nitrogens with zero attached hydrogens (tertiary/aromatic N) is 2. The maximum Gasteiger partial charge on any atom is 0.135 e. The van der Waals surface area contributed by atoms with Gasteiger partial charge in [0.15, 0.2) is 0 Å². The van der Waals surface area contributed by atoms with Gasteiger partial charge in [-0.05, 0) is 84.8 Å². The molecule has 0 spiro atoms. The van der Waals surface area contributed by atoms with E-state index in [1.165, 1.54) is 54.7 Å². The van der Waals surface area contributed by atoms with Crippen molar-refractivity contribution in [1.82, 2.24) is 9.13 Å². The molecule has 0 unspecified atom stereocenters. The molecule has 7 aromatic carbocycles. The van der Waals surface area contributed by atoms with Crippen LogP contribution in [0, 0.1) is 0 Å². The average molecular weight is 617 g/mol. The molecule has 0 aliphatic heterocycles. The summed E-state index contributed by atoms with van der Waals surface area (Å²) in [5, 5.41) is 7.23. The summed E-state index contributed by atoms with van der Waals surface area (Å²) in [6.07, 6.45) is 1.75. The summed E-state index contributed by atoms with van der Waals surface area (Å²) in [6.45, 7) is 5.25. The Morgan fingerprint density at radius 1 is 0.417 bits per heavy atom. The van der Waals surface area contributed by atoms with Gasteiger partial charge in [0.05, 0.1) is 22.1 Å². The van der Waals surface area contributed by atoms with Crippen LogP contribution in [0.5, 0.6) is 0 Å². The predicted octanol–water partition coefficient (Wildman–Crippen LogP) is 12.6. The van der Waals surface area contributed by atoms with Crippen LogP contribution in [0.1, 0.15) is 6.92 Å². The van der Waals surface area contributed by atoms with Crippen LogP contribution in [0.25, 0.3) is 88.1 Å². The van der Waals surface area contributed by atoms with Crippen molar-refractivity contribution in [2.24, 2.45) is 0 Å². The summed E-state index contributed by atoms with van der Waals surface area (Å²) < 4.78 is 11.1. The molecule has 3 heterocycles. The van der Waals surface area contributed by atoms with Gasteiger partial charge in [-0.1, -0.05) is 97.1 Å². The van der Waals surface area contributed by atoms with Crippen molar-refractivity contribution in [3.8, 4) is 22.5 Å². The Labute approximate surface area is 278 Å². The van der Waals surface area contributed by atoms with Crippen molar-refractivity contribution >= 4 is 65.6 Å². The highest BCUT2D eigenvalue weighted by Crippen LogP contribution is 2.39. The van der Waals surface area contributed by atoms with E-state index < -0.39 is 0 Å². The maximum absolute atomic E-state index is 6.39. The molecule has 0 N–H and O–H groups in total. The van der Waals surface area contributed by atoms with Gasteiger partial charge in [-0.2, -0.15) is 0 Å². The van der Waals surface area contributed by atoms with Gasteiger partial charge >= 0.3 is 0 Å². The molecule has 228 valence electrons. The van der Waals surface area contributed by atoms with E-state index in [-0.39, 0.29) is 0 Å². The molecule has 0 bridgehead atoms. The van der Waals surface area contributed by atoms with Crippen LogP contribution < -0.4 is 0 Å². The number of para-hydroxylation sites is 3. The van der Waals surface area contributed by atoms with Crippen LogP contribution in [0.15, 0.2) is 175 Å². The molecular weight excluding hydrogens is 585 g/mol. The highest BCUT2D eigenvalue weighted by Gasteiger charge is 2.17. The van der Waals surface area contributed by atoms with Gasteiger partial charge in [0.25, 0.3) is 0 Å². The summed E-state index contributed by atoms with van der Waals surface area (Å²) in [5.74, 6) is 0. The van der Waals surface area contributed by atoms with Gasteiger partial charge in [-0.15, -0.1) is 6.58 Å². The summed E-state index contributed by atoms with van der Waals surface area (Å²) in [5.41, 5.74) is 11.2. The summed E-state index contributed by atoms with van der Waals surface area (Å²) >= 11 is 0. The van der Waals surface area contributed by atoms with E-state index in [1.54, 1.807) is 6.08 Å². The second-order valence-electron chi connectivity index (χ2n) is 12.2. The molecule has 0 fully saturated rings. The molecule has 0 radical (unpaired) electrons. The lowest BCUT2D eigenvalue weighted by Gasteiger charge is -2.09. The summed E-state index contributed by atoms with van der Waals surface area (Å²) in [4.78, 5) is 0. The SMILES string of the molecule is C=CC.c1ccc(-c2ccc3c(c2)c2ccccc2n3-c2ccc3oc4ccc(-n5c6ccccc6c6ccccc65)cc4c3c2)cc1. The van der Waals surface area contributed by atoms with Gasteiger partial charge in [0.1, 0.15) is 11.2 Å². The van der Waals surface area contributed by atoms with Crippen molar-refractivity contribution in [1.29, 1.82) is 0 Å². The first kappa shape index (κ1) is 27.9. The van der Waals surface area contributed by atoms with E-state index in [4.69, 9.17) is 4.42 Å². The molecule has 0 atom stereocenters. The van der Waals surface area contributed by atoms with Crippen LogP contribution in [0.3, 0.4) is 0 Å². The summed E-state index contributed by atoms with van der Waals surface area (Å²) in [6, 6.07) is 56.5. The molecule has 0 saturated heterocycles. The lowest BCUT2D eigenvalue weighted by Crippen LogP contribution is -1.94. The minimum absolute atomic E-state index is 0.889. The lowest BCUT2D eigenvalue weighted by molar-refractivity contribution is 0.669. The number of rotatable bonds is 3. The van der Waals surface area contributed by atoms with Crippen LogP contribution in [-0.2, 0) is 0 Å². The van der Waals surface area contributed by atoms with Crippen molar-refractivity contribution in [2.75, 3.05) is 0 Å². The fourth-order valence-electron chi connectivity index (χ4n) is 7.29. The summed E-state index contributed by atoms with van der Waals surface area (Å²) in [7, 11) is 0. The fourth-order valence-corrected chi connectivity index (χ4v) is 7.29. The molecule has 3 heteroatoms. The van der Waals surface area contributed by atoms with E-state index in [0.29, 0.717) is 0 Å². The molecular formula is C45H32N2O. The number of allylic oxidation sites excluding steroid dienone is 1. The third-order valence-corrected chi connectivity index (χ3v) is 9.31. The molecule has 48 heavy (non-hydrogen) atoms. The number of hydrogen-bond acceptors (Lipinski definition) is 1. The largest absolute Gasteiger partial charge is 0.456 e. The number of fused-ring (bicyclic) bond motifs is 9. The van der Waals surface area contributed by atoms with Gasteiger partial charge in [0, 0.05) is 43.7 Å². The Morgan fingerprint density at radius 2 is 0.854 bits per heavy atom. The first-order valence-corrected chi connectivity index (χ1v) is 16.3. The number of hydrogen-bond donors (Lipinski definition) is 0. The molecule has 3 aromatic heterocycles. The Morgan fingerprint density at radius 3 is 1.38 bits per heavy atom. The van der Waals surface area contributed by atoms with E-state index in [0.717, 1.165) is 33.3 Å². The first-order valence-electron chi connectivity index (χ1n) is 16.3. The lowest BCUT2D eigenvalue weighted by atomic mass is 10.0. The minimum atomic E-state index is 0.889. The van der Waals surface area contributed by atoms with Crippen molar-refractivity contribution < 1.29 is 4.42 Å². The van der Waals surface area contributed by atoms with Crippen molar-refractivity contribution in [3.05, 3.63) is 170 Å². The number of benzene rings is 7. The molecule has 0 aliphatic rings. The predicted molar refractivity (Wildman–Crippen MR) is 204 cm³/mol. The van der Waals surface area contributed by atoms with Crippen LogP contribution in [0.2, 0.25) is 0 Å².